The van der Waals surface area contributed by atoms with Crippen molar-refractivity contribution < 1.29 is 8.91 Å². The van der Waals surface area contributed by atoms with Crippen molar-refractivity contribution in [2.24, 2.45) is 0 Å². The third-order valence-electron chi connectivity index (χ3n) is 1.69. The van der Waals surface area contributed by atoms with E-state index in [2.05, 4.69) is 25.6 Å². The van der Waals surface area contributed by atoms with Crippen LogP contribution in [0.1, 0.15) is 0 Å². The maximum atomic E-state index is 13.0. The first-order valence-electron chi connectivity index (χ1n) is 3.84. The van der Waals surface area contributed by atoms with Gasteiger partial charge in [-0.2, -0.15) is 0 Å². The first kappa shape index (κ1) is 9.21. The molecule has 0 unspecified atom stereocenters. The fourth-order valence-corrected chi connectivity index (χ4v) is 1.59. The van der Waals surface area contributed by atoms with Crippen molar-refractivity contribution in [3.63, 3.8) is 0 Å². The van der Waals surface area contributed by atoms with Gasteiger partial charge in [-0.05, 0) is 18.2 Å². The van der Waals surface area contributed by atoms with Crippen molar-refractivity contribution >= 4 is 21.8 Å². The van der Waals surface area contributed by atoms with Crippen LogP contribution in [0.2, 0.25) is 0 Å². The van der Waals surface area contributed by atoms with Gasteiger partial charge < -0.3 is 10.3 Å². The lowest BCUT2D eigenvalue weighted by molar-refractivity contribution is 0.439. The smallest absolute Gasteiger partial charge is 0.222 e. The van der Waals surface area contributed by atoms with Crippen molar-refractivity contribution in [2.75, 3.05) is 5.73 Å². The molecule has 0 fully saturated rings. The molecule has 1 aromatic heterocycles. The first-order valence-corrected chi connectivity index (χ1v) is 4.63. The van der Waals surface area contributed by atoms with Crippen LogP contribution >= 0.6 is 15.9 Å². The van der Waals surface area contributed by atoms with Gasteiger partial charge in [0.1, 0.15) is 11.5 Å². The zero-order chi connectivity index (χ0) is 10.1. The minimum atomic E-state index is -0.337. The third-order valence-corrected chi connectivity index (χ3v) is 2.14. The monoisotopic (exact) mass is 256 g/mol. The van der Waals surface area contributed by atoms with E-state index in [-0.39, 0.29) is 11.7 Å². The van der Waals surface area contributed by atoms with E-state index < -0.39 is 0 Å². The molecule has 0 atom stereocenters. The van der Waals surface area contributed by atoms with Crippen LogP contribution in [-0.4, -0.2) is 5.16 Å². The predicted octanol–water partition coefficient (Wildman–Crippen LogP) is 2.83. The SMILES string of the molecule is Nc1cc(-c2cc(F)cc(Br)c2)no1. The van der Waals surface area contributed by atoms with Crippen LogP contribution in [0.25, 0.3) is 11.3 Å². The van der Waals surface area contributed by atoms with E-state index in [4.69, 9.17) is 5.73 Å². The van der Waals surface area contributed by atoms with Gasteiger partial charge in [-0.3, -0.25) is 0 Å². The van der Waals surface area contributed by atoms with Gasteiger partial charge in [-0.25, -0.2) is 4.39 Å². The summed E-state index contributed by atoms with van der Waals surface area (Å²) in [6, 6.07) is 6.01. The summed E-state index contributed by atoms with van der Waals surface area (Å²) in [5, 5.41) is 3.68. The number of halogens is 2. The normalized spacial score (nSPS) is 10.4. The standard InChI is InChI=1S/C9H6BrFN2O/c10-6-1-5(2-7(11)3-6)8-4-9(12)14-13-8/h1-4H,12H2. The Bertz CT molecular complexity index is 449. The molecule has 0 spiro atoms. The Hall–Kier alpha value is -1.36. The lowest BCUT2D eigenvalue weighted by Crippen LogP contribution is -1.81. The van der Waals surface area contributed by atoms with Gasteiger partial charge in [0.2, 0.25) is 5.88 Å². The molecule has 0 radical (unpaired) electrons. The number of nitrogens with two attached hydrogens (primary N) is 1. The Kier molecular flexibility index (Phi) is 2.25. The van der Waals surface area contributed by atoms with Crippen LogP contribution in [0.4, 0.5) is 10.3 Å². The first-order chi connectivity index (χ1) is 6.65. The van der Waals surface area contributed by atoms with Gasteiger partial charge in [-0.15, -0.1) is 0 Å². The number of benzene rings is 1. The second-order valence-corrected chi connectivity index (χ2v) is 3.69. The number of nitrogens with zero attached hydrogens (tertiary/aromatic N) is 1. The number of nitrogen functional groups attached to an aromatic ring is 1. The molecule has 0 aliphatic carbocycles. The molecule has 14 heavy (non-hydrogen) atoms. The van der Waals surface area contributed by atoms with Crippen LogP contribution in [0.5, 0.6) is 0 Å². The van der Waals surface area contributed by atoms with E-state index in [1.807, 2.05) is 0 Å². The lowest BCUT2D eigenvalue weighted by atomic mass is 10.1. The van der Waals surface area contributed by atoms with E-state index >= 15 is 0 Å². The van der Waals surface area contributed by atoms with E-state index in [0.29, 0.717) is 15.7 Å². The molecule has 0 bridgehead atoms. The Morgan fingerprint density at radius 3 is 2.64 bits per heavy atom. The summed E-state index contributed by atoms with van der Waals surface area (Å²) in [4.78, 5) is 0. The summed E-state index contributed by atoms with van der Waals surface area (Å²) in [5.74, 6) is -0.128. The van der Waals surface area contributed by atoms with Gasteiger partial charge in [0.05, 0.1) is 0 Å². The fraction of sp³-hybridized carbons (Fsp3) is 0. The molecule has 1 heterocycles. The molecule has 72 valence electrons. The summed E-state index contributed by atoms with van der Waals surface area (Å²) in [5.41, 5.74) is 6.50. The predicted molar refractivity (Wildman–Crippen MR) is 54.0 cm³/mol. The average Bonchev–Trinajstić information content (AvgIpc) is 2.50. The highest BCUT2D eigenvalue weighted by Crippen LogP contribution is 2.24. The highest BCUT2D eigenvalue weighted by molar-refractivity contribution is 9.10. The molecule has 3 nitrogen and oxygen atoms in total. The van der Waals surface area contributed by atoms with Gasteiger partial charge in [0.15, 0.2) is 0 Å². The van der Waals surface area contributed by atoms with Crippen molar-refractivity contribution in [3.05, 3.63) is 34.6 Å². The van der Waals surface area contributed by atoms with E-state index in [0.717, 1.165) is 0 Å². The Balaban J connectivity index is 2.51. The molecule has 0 aliphatic rings. The van der Waals surface area contributed by atoms with Crippen LogP contribution < -0.4 is 5.73 Å². The third kappa shape index (κ3) is 1.77. The summed E-state index contributed by atoms with van der Waals surface area (Å²) in [6.07, 6.45) is 0. The summed E-state index contributed by atoms with van der Waals surface area (Å²) >= 11 is 3.19. The molecule has 5 heteroatoms. The molecule has 0 saturated carbocycles. The molecule has 0 aliphatic heterocycles. The number of hydrogen-bond donors (Lipinski definition) is 1. The lowest BCUT2D eigenvalue weighted by Gasteiger charge is -1.97. The number of anilines is 1. The van der Waals surface area contributed by atoms with Gasteiger partial charge >= 0.3 is 0 Å². The van der Waals surface area contributed by atoms with E-state index in [9.17, 15) is 4.39 Å². The van der Waals surface area contributed by atoms with E-state index in [1.54, 1.807) is 12.1 Å². The van der Waals surface area contributed by atoms with Crippen molar-refractivity contribution in [1.82, 2.24) is 5.16 Å². The topological polar surface area (TPSA) is 52.0 Å². The van der Waals surface area contributed by atoms with Gasteiger partial charge in [-0.1, -0.05) is 21.1 Å². The number of rotatable bonds is 1. The molecular formula is C9H6BrFN2O. The fourth-order valence-electron chi connectivity index (χ4n) is 1.13. The molecule has 2 rings (SSSR count). The summed E-state index contributed by atoms with van der Waals surface area (Å²) in [6.45, 7) is 0. The quantitative estimate of drug-likeness (QED) is 0.854. The zero-order valence-corrected chi connectivity index (χ0v) is 8.58. The van der Waals surface area contributed by atoms with Crippen molar-refractivity contribution in [2.45, 2.75) is 0 Å². The molecule has 1 aromatic carbocycles. The molecule has 0 amide bonds. The average molecular weight is 257 g/mol. The molecule has 2 aromatic rings. The van der Waals surface area contributed by atoms with Crippen LogP contribution in [0, 0.1) is 5.82 Å². The van der Waals surface area contributed by atoms with Gasteiger partial charge in [0, 0.05) is 16.1 Å². The zero-order valence-electron chi connectivity index (χ0n) is 7.00. The summed E-state index contributed by atoms with van der Waals surface area (Å²) < 4.78 is 18.3. The maximum Gasteiger partial charge on any atom is 0.222 e. The molecule has 0 saturated heterocycles. The molecule has 2 N–H and O–H groups in total. The van der Waals surface area contributed by atoms with Crippen LogP contribution in [-0.2, 0) is 0 Å². The highest BCUT2D eigenvalue weighted by atomic mass is 79.9. The minimum Gasteiger partial charge on any atom is -0.368 e. The second-order valence-electron chi connectivity index (χ2n) is 2.77. The minimum absolute atomic E-state index is 0.209. The molecular weight excluding hydrogens is 251 g/mol. The summed E-state index contributed by atoms with van der Waals surface area (Å²) in [7, 11) is 0. The number of hydrogen-bond acceptors (Lipinski definition) is 3. The Morgan fingerprint density at radius 1 is 1.29 bits per heavy atom. The highest BCUT2D eigenvalue weighted by Gasteiger charge is 2.06. The van der Waals surface area contributed by atoms with Gasteiger partial charge in [0.25, 0.3) is 0 Å². The van der Waals surface area contributed by atoms with Crippen LogP contribution in [0.15, 0.2) is 33.3 Å². The Morgan fingerprint density at radius 2 is 2.07 bits per heavy atom. The largest absolute Gasteiger partial charge is 0.368 e. The van der Waals surface area contributed by atoms with E-state index in [1.165, 1.54) is 12.1 Å². The van der Waals surface area contributed by atoms with Crippen molar-refractivity contribution in [1.29, 1.82) is 0 Å². The number of aromatic nitrogens is 1. The maximum absolute atomic E-state index is 13.0. The van der Waals surface area contributed by atoms with Crippen molar-refractivity contribution in [3.8, 4) is 11.3 Å². The Labute approximate surface area is 87.8 Å². The van der Waals surface area contributed by atoms with Crippen LogP contribution in [0.3, 0.4) is 0 Å². The second kappa shape index (κ2) is 3.42.